The van der Waals surface area contributed by atoms with Crippen LogP contribution in [-0.2, 0) is 37.1 Å². The van der Waals surface area contributed by atoms with Crippen LogP contribution >= 0.6 is 0 Å². The first-order chi connectivity index (χ1) is 19.6. The summed E-state index contributed by atoms with van der Waals surface area (Å²) in [4.78, 5) is 28.4. The van der Waals surface area contributed by atoms with Crippen LogP contribution in [0.1, 0.15) is 46.7 Å². The van der Waals surface area contributed by atoms with E-state index in [2.05, 4.69) is 10.2 Å². The number of nitrogen functional groups attached to an aromatic ring is 1. The molecule has 41 heavy (non-hydrogen) atoms. The summed E-state index contributed by atoms with van der Waals surface area (Å²) < 4.78 is 45.8. The molecule has 0 unspecified atom stereocenters. The highest BCUT2D eigenvalue weighted by atomic mass is 19.4. The highest BCUT2D eigenvalue weighted by molar-refractivity contribution is 5.76. The number of morpholine rings is 1. The predicted molar refractivity (Wildman–Crippen MR) is 149 cm³/mol. The molecule has 3 aromatic rings. The first-order valence-electron chi connectivity index (χ1n) is 13.5. The number of rotatable bonds is 7. The standard InChI is InChI=1S/C29H34F3N7O2/c1-19(21-12-22(29(30,31)32)14-23(33)13-21)34-27-24-16-39(28(40)38-8-10-41-11-9-38)17-25(24)35-26(36-27)18-37(2)15-20-6-4-3-5-7-20/h3-7,12-14,19H,8-11,15-18,33H2,1-2H3,(H,34,35,36)/t19-/m1/s1. The maximum Gasteiger partial charge on any atom is 0.416 e. The normalized spacial score (nSPS) is 16.1. The topological polar surface area (TPSA) is 99.9 Å². The maximum absolute atomic E-state index is 13.5. The van der Waals surface area contributed by atoms with Gasteiger partial charge in [0.15, 0.2) is 0 Å². The third-order valence-corrected chi connectivity index (χ3v) is 7.25. The number of benzene rings is 2. The van der Waals surface area contributed by atoms with Gasteiger partial charge in [-0.15, -0.1) is 0 Å². The summed E-state index contributed by atoms with van der Waals surface area (Å²) in [5.74, 6) is 1.06. The third kappa shape index (κ3) is 6.88. The smallest absolute Gasteiger partial charge is 0.399 e. The number of fused-ring (bicyclic) bond motifs is 1. The Hall–Kier alpha value is -3.90. The van der Waals surface area contributed by atoms with Gasteiger partial charge in [-0.05, 0) is 43.3 Å². The molecule has 1 fully saturated rings. The molecule has 2 aliphatic heterocycles. The number of ether oxygens (including phenoxy) is 1. The molecule has 2 aromatic carbocycles. The number of carbonyl (C=O) groups is 1. The van der Waals surface area contributed by atoms with Crippen molar-refractivity contribution in [2.75, 3.05) is 44.4 Å². The molecule has 0 bridgehead atoms. The number of alkyl halides is 3. The average Bonchev–Trinajstić information content (AvgIpc) is 3.37. The Morgan fingerprint density at radius 1 is 1.07 bits per heavy atom. The Labute approximate surface area is 237 Å². The number of nitrogens with zero attached hydrogens (tertiary/aromatic N) is 5. The van der Waals surface area contributed by atoms with Crippen LogP contribution in [0.5, 0.6) is 0 Å². The number of carbonyl (C=O) groups excluding carboxylic acids is 1. The molecule has 218 valence electrons. The lowest BCUT2D eigenvalue weighted by molar-refractivity contribution is -0.137. The summed E-state index contributed by atoms with van der Waals surface area (Å²) in [6.45, 7) is 5.54. The van der Waals surface area contributed by atoms with Crippen molar-refractivity contribution in [3.63, 3.8) is 0 Å². The minimum absolute atomic E-state index is 0.0295. The van der Waals surface area contributed by atoms with Crippen molar-refractivity contribution in [3.05, 3.63) is 82.3 Å². The van der Waals surface area contributed by atoms with E-state index in [0.717, 1.165) is 29.0 Å². The molecule has 5 rings (SSSR count). The van der Waals surface area contributed by atoms with E-state index in [0.29, 0.717) is 69.7 Å². The Kier molecular flexibility index (Phi) is 8.32. The molecule has 3 N–H and O–H groups in total. The van der Waals surface area contributed by atoms with Crippen molar-refractivity contribution >= 4 is 17.5 Å². The summed E-state index contributed by atoms with van der Waals surface area (Å²) in [7, 11) is 1.97. The van der Waals surface area contributed by atoms with Crippen molar-refractivity contribution in [1.82, 2.24) is 24.7 Å². The number of nitrogens with two attached hydrogens (primary N) is 1. The fraction of sp³-hybridized carbons (Fsp3) is 0.414. The van der Waals surface area contributed by atoms with Gasteiger partial charge in [-0.2, -0.15) is 13.2 Å². The van der Waals surface area contributed by atoms with Crippen molar-refractivity contribution in [2.24, 2.45) is 0 Å². The van der Waals surface area contributed by atoms with Crippen molar-refractivity contribution in [2.45, 2.75) is 45.3 Å². The van der Waals surface area contributed by atoms with Crippen molar-refractivity contribution in [1.29, 1.82) is 0 Å². The molecule has 12 heteroatoms. The quantitative estimate of drug-likeness (QED) is 0.400. The van der Waals surface area contributed by atoms with E-state index in [1.165, 1.54) is 6.07 Å². The highest BCUT2D eigenvalue weighted by Gasteiger charge is 2.33. The molecule has 0 saturated carbocycles. The second kappa shape index (κ2) is 11.9. The molecule has 1 atom stereocenters. The van der Waals surface area contributed by atoms with Gasteiger partial charge < -0.3 is 25.6 Å². The van der Waals surface area contributed by atoms with Crippen LogP contribution in [0, 0.1) is 0 Å². The van der Waals surface area contributed by atoms with Gasteiger partial charge in [-0.3, -0.25) is 4.90 Å². The number of halogens is 3. The molecule has 0 spiro atoms. The molecule has 3 heterocycles. The molecule has 2 amide bonds. The summed E-state index contributed by atoms with van der Waals surface area (Å²) in [6.07, 6.45) is -4.52. The van der Waals surface area contributed by atoms with Crippen LogP contribution in [0.4, 0.5) is 29.5 Å². The van der Waals surface area contributed by atoms with Crippen LogP contribution in [0.3, 0.4) is 0 Å². The predicted octanol–water partition coefficient (Wildman–Crippen LogP) is 4.65. The lowest BCUT2D eigenvalue weighted by Crippen LogP contribution is -2.46. The molecule has 0 aliphatic carbocycles. The number of aromatic nitrogens is 2. The molecule has 2 aliphatic rings. The van der Waals surface area contributed by atoms with E-state index < -0.39 is 17.8 Å². The molecule has 9 nitrogen and oxygen atoms in total. The van der Waals surface area contributed by atoms with Crippen molar-refractivity contribution in [3.8, 4) is 0 Å². The monoisotopic (exact) mass is 569 g/mol. The van der Waals surface area contributed by atoms with Gasteiger partial charge in [0.1, 0.15) is 11.6 Å². The van der Waals surface area contributed by atoms with Crippen LogP contribution in [0.2, 0.25) is 0 Å². The fourth-order valence-corrected chi connectivity index (χ4v) is 5.16. The van der Waals surface area contributed by atoms with E-state index in [-0.39, 0.29) is 11.7 Å². The zero-order valence-electron chi connectivity index (χ0n) is 23.1. The second-order valence-corrected chi connectivity index (χ2v) is 10.6. The highest BCUT2D eigenvalue weighted by Crippen LogP contribution is 2.35. The van der Waals surface area contributed by atoms with E-state index in [9.17, 15) is 18.0 Å². The van der Waals surface area contributed by atoms with Crippen LogP contribution < -0.4 is 11.1 Å². The van der Waals surface area contributed by atoms with Gasteiger partial charge in [-0.25, -0.2) is 14.8 Å². The summed E-state index contributed by atoms with van der Waals surface area (Å²) in [5, 5.41) is 3.30. The molecule has 1 aromatic heterocycles. The lowest BCUT2D eigenvalue weighted by atomic mass is 10.0. The number of anilines is 2. The number of amides is 2. The van der Waals surface area contributed by atoms with Crippen LogP contribution in [-0.4, -0.2) is 64.0 Å². The summed E-state index contributed by atoms with van der Waals surface area (Å²) >= 11 is 0. The Bertz CT molecular complexity index is 1380. The van der Waals surface area contributed by atoms with Crippen LogP contribution in [0.25, 0.3) is 0 Å². The third-order valence-electron chi connectivity index (χ3n) is 7.25. The van der Waals surface area contributed by atoms with Crippen molar-refractivity contribution < 1.29 is 22.7 Å². The summed E-state index contributed by atoms with van der Waals surface area (Å²) in [6, 6.07) is 12.9. The zero-order chi connectivity index (χ0) is 29.1. The molecule has 0 radical (unpaired) electrons. The average molecular weight is 570 g/mol. The van der Waals surface area contributed by atoms with Gasteiger partial charge >= 0.3 is 12.2 Å². The van der Waals surface area contributed by atoms with E-state index in [4.69, 9.17) is 20.4 Å². The Morgan fingerprint density at radius 3 is 2.51 bits per heavy atom. The lowest BCUT2D eigenvalue weighted by Gasteiger charge is -2.30. The second-order valence-electron chi connectivity index (χ2n) is 10.6. The fourth-order valence-electron chi connectivity index (χ4n) is 5.16. The van der Waals surface area contributed by atoms with Gasteiger partial charge in [0.2, 0.25) is 0 Å². The Morgan fingerprint density at radius 2 is 1.80 bits per heavy atom. The first-order valence-corrected chi connectivity index (χ1v) is 13.5. The number of hydrogen-bond donors (Lipinski definition) is 2. The summed E-state index contributed by atoms with van der Waals surface area (Å²) in [5.41, 5.74) is 8.06. The minimum atomic E-state index is -4.52. The molecular formula is C29H34F3N7O2. The molecular weight excluding hydrogens is 535 g/mol. The largest absolute Gasteiger partial charge is 0.416 e. The maximum atomic E-state index is 13.5. The zero-order valence-corrected chi connectivity index (χ0v) is 23.1. The molecule has 1 saturated heterocycles. The minimum Gasteiger partial charge on any atom is -0.399 e. The van der Waals surface area contributed by atoms with E-state index >= 15 is 0 Å². The van der Waals surface area contributed by atoms with Gasteiger partial charge in [-0.1, -0.05) is 30.3 Å². The Balaban J connectivity index is 1.41. The number of nitrogens with one attached hydrogen (secondary N) is 1. The van der Waals surface area contributed by atoms with E-state index in [1.807, 2.05) is 37.4 Å². The van der Waals surface area contributed by atoms with Crippen LogP contribution in [0.15, 0.2) is 48.5 Å². The SMILES string of the molecule is C[C@@H](Nc1nc(CN(C)Cc2ccccc2)nc2c1CN(C(=O)N1CCOCC1)C2)c1cc(N)cc(C(F)(F)F)c1. The van der Waals surface area contributed by atoms with E-state index in [1.54, 1.807) is 16.7 Å². The van der Waals surface area contributed by atoms with Gasteiger partial charge in [0, 0.05) is 30.9 Å². The number of urea groups is 1. The number of hydrogen-bond acceptors (Lipinski definition) is 7. The first kappa shape index (κ1) is 28.6. The van der Waals surface area contributed by atoms with Gasteiger partial charge in [0.05, 0.1) is 50.1 Å². The van der Waals surface area contributed by atoms with Gasteiger partial charge in [0.25, 0.3) is 0 Å².